The molecule has 0 amide bonds. The number of guanidine groups is 1. The molecule has 2 bridgehead atoms. The van der Waals surface area contributed by atoms with Crippen LogP contribution in [0.15, 0.2) is 35.3 Å². The van der Waals surface area contributed by atoms with Crippen LogP contribution >= 0.6 is 0 Å². The smallest absolute Gasteiger partial charge is 0.189 e. The zero-order valence-corrected chi connectivity index (χ0v) is 24.5. The predicted octanol–water partition coefficient (Wildman–Crippen LogP) is 2.83. The lowest BCUT2D eigenvalue weighted by molar-refractivity contribution is -0.943. The highest BCUT2D eigenvalue weighted by molar-refractivity contribution is 5.77. The van der Waals surface area contributed by atoms with E-state index < -0.39 is 0 Å². The first-order valence-electron chi connectivity index (χ1n) is 15.1. The average molecular weight is 516 g/mol. The summed E-state index contributed by atoms with van der Waals surface area (Å²) in [5.41, 5.74) is 7.70. The van der Waals surface area contributed by atoms with Gasteiger partial charge in [0.1, 0.15) is 0 Å². The largest absolute Gasteiger partial charge is 0.370 e. The summed E-state index contributed by atoms with van der Waals surface area (Å²) in [6.45, 7) is 27.1. The molecule has 37 heavy (non-hydrogen) atoms. The van der Waals surface area contributed by atoms with Crippen LogP contribution in [0, 0.1) is 5.92 Å². The molecule has 3 saturated heterocycles. The number of unbranched alkanes of at least 4 members (excludes halogenated alkanes) is 1. The maximum absolute atomic E-state index is 6.30. The Morgan fingerprint density at radius 3 is 2.32 bits per heavy atom. The average Bonchev–Trinajstić information content (AvgIpc) is 2.94. The molecular formula is C30H57N7+2. The Morgan fingerprint density at radius 2 is 1.70 bits per heavy atom. The van der Waals surface area contributed by atoms with E-state index in [-0.39, 0.29) is 0 Å². The predicted molar refractivity (Wildman–Crippen MR) is 158 cm³/mol. The summed E-state index contributed by atoms with van der Waals surface area (Å²) in [6.07, 6.45) is 3.42. The molecule has 0 spiro atoms. The third-order valence-corrected chi connectivity index (χ3v) is 9.32. The lowest BCUT2D eigenvalue weighted by Crippen LogP contribution is -2.68. The van der Waals surface area contributed by atoms with Crippen molar-refractivity contribution in [1.82, 2.24) is 15.1 Å². The van der Waals surface area contributed by atoms with Gasteiger partial charge in [-0.1, -0.05) is 37.3 Å². The normalized spacial score (nSPS) is 22.9. The minimum atomic E-state index is 0.591. The molecule has 0 aliphatic carbocycles. The Balaban J connectivity index is 1.47. The molecule has 3 heterocycles. The molecule has 3 N–H and O–H groups in total. The molecule has 1 aromatic carbocycles. The first-order chi connectivity index (χ1) is 17.9. The van der Waals surface area contributed by atoms with Crippen molar-refractivity contribution in [3.05, 3.63) is 35.9 Å². The second-order valence-corrected chi connectivity index (χ2v) is 11.8. The van der Waals surface area contributed by atoms with Crippen molar-refractivity contribution in [3.8, 4) is 0 Å². The van der Waals surface area contributed by atoms with E-state index in [1.54, 1.807) is 0 Å². The third-order valence-electron chi connectivity index (χ3n) is 9.32. The molecular weight excluding hydrogens is 458 g/mol. The molecule has 3 aliphatic rings. The van der Waals surface area contributed by atoms with Gasteiger partial charge in [0.2, 0.25) is 0 Å². The van der Waals surface area contributed by atoms with E-state index in [4.69, 9.17) is 10.7 Å². The molecule has 0 saturated carbocycles. The fourth-order valence-corrected chi connectivity index (χ4v) is 6.48. The van der Waals surface area contributed by atoms with Gasteiger partial charge in [-0.05, 0) is 45.6 Å². The Labute approximate surface area is 227 Å². The van der Waals surface area contributed by atoms with Crippen LogP contribution < -0.4 is 11.1 Å². The van der Waals surface area contributed by atoms with E-state index in [1.807, 2.05) is 0 Å². The van der Waals surface area contributed by atoms with E-state index in [9.17, 15) is 0 Å². The molecule has 1 aromatic rings. The minimum absolute atomic E-state index is 0.591. The topological polar surface area (TPSA) is 56.9 Å². The second-order valence-electron chi connectivity index (χ2n) is 11.8. The number of nitrogens with zero attached hydrogens (tertiary/aromatic N) is 5. The number of rotatable bonds is 17. The van der Waals surface area contributed by atoms with Crippen LogP contribution in [-0.4, -0.2) is 123 Å². The van der Waals surface area contributed by atoms with Crippen molar-refractivity contribution in [3.63, 3.8) is 0 Å². The lowest BCUT2D eigenvalue weighted by Gasteiger charge is -2.51. The highest BCUT2D eigenvalue weighted by Gasteiger charge is 2.39. The number of benzene rings is 1. The van der Waals surface area contributed by atoms with E-state index in [2.05, 4.69) is 73.1 Å². The first-order valence-corrected chi connectivity index (χ1v) is 15.1. The van der Waals surface area contributed by atoms with Gasteiger partial charge in [-0.25, -0.2) is 4.99 Å². The van der Waals surface area contributed by atoms with Gasteiger partial charge in [0, 0.05) is 45.2 Å². The summed E-state index contributed by atoms with van der Waals surface area (Å²) in [4.78, 5) is 9.92. The van der Waals surface area contributed by atoms with Gasteiger partial charge >= 0.3 is 0 Å². The van der Waals surface area contributed by atoms with Crippen LogP contribution in [0.1, 0.15) is 46.1 Å². The van der Waals surface area contributed by atoms with Gasteiger partial charge in [-0.3, -0.25) is 9.80 Å². The SMILES string of the molecule is CC[N+](CC)(CC)CCCCNC(N)=NCN(CCc1ccccc1)CC(C)C[N+]12CCN(CC1)CC2. The molecule has 1 unspecified atom stereocenters. The standard InChI is InChI=1S/C30H57N7/c1-5-36(6-2,7-3)21-12-11-16-32-30(31)33-27-35(17-15-29-13-9-8-10-14-29)25-28(4)26-37-22-18-34(19-23-37)20-24-37/h8-10,13-14,28H,5-7,11-12,15-27H2,1-4H3,(H3,31,32,33)/q+2. The first kappa shape index (κ1) is 29.9. The van der Waals surface area contributed by atoms with Gasteiger partial charge in [0.05, 0.1) is 59.0 Å². The monoisotopic (exact) mass is 515 g/mol. The van der Waals surface area contributed by atoms with Crippen molar-refractivity contribution < 1.29 is 8.97 Å². The summed E-state index contributed by atoms with van der Waals surface area (Å²) in [5, 5.41) is 3.38. The lowest BCUT2D eigenvalue weighted by atomic mass is 10.0. The fourth-order valence-electron chi connectivity index (χ4n) is 6.48. The molecule has 0 aromatic heterocycles. The highest BCUT2D eigenvalue weighted by atomic mass is 15.5. The molecule has 210 valence electrons. The van der Waals surface area contributed by atoms with Gasteiger partial charge in [0.15, 0.2) is 5.96 Å². The summed E-state index contributed by atoms with van der Waals surface area (Å²) < 4.78 is 2.54. The van der Waals surface area contributed by atoms with Crippen molar-refractivity contribution in [2.45, 2.75) is 47.0 Å². The number of piperazine rings is 3. The zero-order chi connectivity index (χ0) is 26.6. The van der Waals surface area contributed by atoms with Crippen LogP contribution in [-0.2, 0) is 6.42 Å². The van der Waals surface area contributed by atoms with Crippen molar-refractivity contribution in [1.29, 1.82) is 0 Å². The Morgan fingerprint density at radius 1 is 1.05 bits per heavy atom. The Hall–Kier alpha value is -1.67. The number of quaternary nitrogens is 2. The number of aliphatic imine (C=N–C) groups is 1. The zero-order valence-electron chi connectivity index (χ0n) is 24.5. The van der Waals surface area contributed by atoms with Gasteiger partial charge < -0.3 is 20.0 Å². The van der Waals surface area contributed by atoms with Crippen LogP contribution in [0.2, 0.25) is 0 Å². The van der Waals surface area contributed by atoms with Gasteiger partial charge in [0.25, 0.3) is 0 Å². The van der Waals surface area contributed by atoms with Gasteiger partial charge in [-0.2, -0.15) is 0 Å². The number of hydrogen-bond acceptors (Lipinski definition) is 3. The minimum Gasteiger partial charge on any atom is -0.370 e. The maximum atomic E-state index is 6.30. The summed E-state index contributed by atoms with van der Waals surface area (Å²) in [7, 11) is 0. The molecule has 4 rings (SSSR count). The van der Waals surface area contributed by atoms with E-state index in [0.717, 1.165) is 32.5 Å². The second kappa shape index (κ2) is 15.1. The molecule has 3 fully saturated rings. The summed E-state index contributed by atoms with van der Waals surface area (Å²) in [6, 6.07) is 10.8. The van der Waals surface area contributed by atoms with Crippen molar-refractivity contribution >= 4 is 5.96 Å². The molecule has 1 atom stereocenters. The van der Waals surface area contributed by atoms with Crippen LogP contribution in [0.3, 0.4) is 0 Å². The van der Waals surface area contributed by atoms with Crippen molar-refractivity contribution in [2.24, 2.45) is 16.6 Å². The Kier molecular flexibility index (Phi) is 12.2. The number of nitrogens with two attached hydrogens (primary N) is 1. The van der Waals surface area contributed by atoms with Crippen LogP contribution in [0.5, 0.6) is 0 Å². The maximum Gasteiger partial charge on any atom is 0.189 e. The highest BCUT2D eigenvalue weighted by Crippen LogP contribution is 2.22. The number of nitrogens with one attached hydrogen (secondary N) is 1. The van der Waals surface area contributed by atoms with E-state index in [1.165, 1.54) is 92.9 Å². The molecule has 3 aliphatic heterocycles. The number of fused-ring (bicyclic) bond motifs is 3. The Bertz CT molecular complexity index is 762. The molecule has 0 radical (unpaired) electrons. The summed E-state index contributed by atoms with van der Waals surface area (Å²) in [5.74, 6) is 1.24. The molecule has 7 heteroatoms. The fraction of sp³-hybridized carbons (Fsp3) is 0.767. The molecule has 7 nitrogen and oxygen atoms in total. The summed E-state index contributed by atoms with van der Waals surface area (Å²) >= 11 is 0. The van der Waals surface area contributed by atoms with Crippen molar-refractivity contribution in [2.75, 3.05) is 98.3 Å². The van der Waals surface area contributed by atoms with E-state index in [0.29, 0.717) is 18.5 Å². The quantitative estimate of drug-likeness (QED) is 0.145. The third kappa shape index (κ3) is 9.54. The van der Waals surface area contributed by atoms with Crippen LogP contribution in [0.4, 0.5) is 0 Å². The number of hydrogen-bond donors (Lipinski definition) is 2. The van der Waals surface area contributed by atoms with E-state index >= 15 is 0 Å². The van der Waals surface area contributed by atoms with Crippen LogP contribution in [0.25, 0.3) is 0 Å². The van der Waals surface area contributed by atoms with Gasteiger partial charge in [-0.15, -0.1) is 0 Å².